The molecule has 0 unspecified atom stereocenters. The van der Waals surface area contributed by atoms with Gasteiger partial charge in [-0.15, -0.1) is 0 Å². The fourth-order valence-electron chi connectivity index (χ4n) is 2.48. The molecule has 142 valence electrons. The van der Waals surface area contributed by atoms with Crippen LogP contribution in [0.15, 0.2) is 78.9 Å². The van der Waals surface area contributed by atoms with Crippen molar-refractivity contribution in [3.63, 3.8) is 0 Å². The van der Waals surface area contributed by atoms with E-state index in [1.807, 2.05) is 30.3 Å². The van der Waals surface area contributed by atoms with Crippen molar-refractivity contribution in [1.82, 2.24) is 5.32 Å². The molecule has 0 radical (unpaired) electrons. The van der Waals surface area contributed by atoms with Gasteiger partial charge in [-0.05, 0) is 42.0 Å². The molecule has 0 heterocycles. The van der Waals surface area contributed by atoms with Crippen molar-refractivity contribution in [3.05, 3.63) is 95.0 Å². The maximum absolute atomic E-state index is 12.2. The summed E-state index contributed by atoms with van der Waals surface area (Å²) in [6.45, 7) is 0.297. The highest BCUT2D eigenvalue weighted by Crippen LogP contribution is 2.20. The van der Waals surface area contributed by atoms with Crippen LogP contribution >= 0.6 is 11.6 Å². The normalized spacial score (nSPS) is 10.2. The van der Waals surface area contributed by atoms with Gasteiger partial charge in [-0.3, -0.25) is 9.59 Å². The first-order valence-corrected chi connectivity index (χ1v) is 9.09. The van der Waals surface area contributed by atoms with E-state index in [4.69, 9.17) is 16.3 Å². The summed E-state index contributed by atoms with van der Waals surface area (Å²) in [6.07, 6.45) is 0. The number of carbonyl (C=O) groups is 2. The number of ether oxygens (including phenoxy) is 1. The zero-order valence-electron chi connectivity index (χ0n) is 15.0. The maximum Gasteiger partial charge on any atom is 0.262 e. The smallest absolute Gasteiger partial charge is 0.262 e. The molecule has 0 aliphatic rings. The Bertz CT molecular complexity index is 944. The van der Waals surface area contributed by atoms with Gasteiger partial charge in [0, 0.05) is 12.1 Å². The number of hydrogen-bond donors (Lipinski definition) is 2. The highest BCUT2D eigenvalue weighted by Gasteiger charge is 2.08. The molecular formula is C22H19ClN2O3. The summed E-state index contributed by atoms with van der Waals surface area (Å²) in [4.78, 5) is 24.2. The number of anilines is 1. The lowest BCUT2D eigenvalue weighted by molar-refractivity contribution is -0.118. The number of rotatable bonds is 7. The second-order valence-electron chi connectivity index (χ2n) is 6.01. The monoisotopic (exact) mass is 394 g/mol. The van der Waals surface area contributed by atoms with E-state index in [9.17, 15) is 9.59 Å². The van der Waals surface area contributed by atoms with E-state index < -0.39 is 0 Å². The topological polar surface area (TPSA) is 67.4 Å². The zero-order valence-corrected chi connectivity index (χ0v) is 15.8. The second-order valence-corrected chi connectivity index (χ2v) is 6.42. The van der Waals surface area contributed by atoms with Crippen molar-refractivity contribution >= 4 is 29.1 Å². The van der Waals surface area contributed by atoms with Gasteiger partial charge in [0.25, 0.3) is 11.8 Å². The molecular weight excluding hydrogens is 376 g/mol. The first-order valence-electron chi connectivity index (χ1n) is 8.71. The predicted octanol–water partition coefficient (Wildman–Crippen LogP) is 4.29. The molecule has 0 aromatic heterocycles. The van der Waals surface area contributed by atoms with E-state index in [0.717, 1.165) is 5.56 Å². The molecule has 0 saturated heterocycles. The Hall–Kier alpha value is -3.31. The number of hydrogen-bond acceptors (Lipinski definition) is 3. The van der Waals surface area contributed by atoms with Crippen LogP contribution in [-0.2, 0) is 11.3 Å². The van der Waals surface area contributed by atoms with Gasteiger partial charge in [-0.25, -0.2) is 0 Å². The molecule has 2 amide bonds. The van der Waals surface area contributed by atoms with Crippen LogP contribution in [0.3, 0.4) is 0 Å². The molecule has 3 aromatic rings. The number of amides is 2. The Morgan fingerprint density at radius 3 is 2.25 bits per heavy atom. The van der Waals surface area contributed by atoms with Gasteiger partial charge in [0.15, 0.2) is 6.61 Å². The average Bonchev–Trinajstić information content (AvgIpc) is 2.73. The number of nitrogens with one attached hydrogen (secondary N) is 2. The number of carbonyl (C=O) groups excluding carboxylic acids is 2. The molecule has 2 N–H and O–H groups in total. The minimum absolute atomic E-state index is 0.162. The molecule has 3 rings (SSSR count). The molecule has 0 saturated carbocycles. The van der Waals surface area contributed by atoms with Gasteiger partial charge < -0.3 is 15.4 Å². The summed E-state index contributed by atoms with van der Waals surface area (Å²) in [5.74, 6) is -0.00133. The van der Waals surface area contributed by atoms with Crippen molar-refractivity contribution < 1.29 is 14.3 Å². The number of benzene rings is 3. The van der Waals surface area contributed by atoms with E-state index in [-0.39, 0.29) is 18.4 Å². The lowest BCUT2D eigenvalue weighted by atomic mass is 10.2. The Balaban J connectivity index is 1.48. The van der Waals surface area contributed by atoms with Crippen LogP contribution in [0.25, 0.3) is 0 Å². The van der Waals surface area contributed by atoms with Crippen LogP contribution in [0.5, 0.6) is 5.75 Å². The zero-order chi connectivity index (χ0) is 19.8. The van der Waals surface area contributed by atoms with Gasteiger partial charge >= 0.3 is 0 Å². The third-order valence-electron chi connectivity index (χ3n) is 3.93. The Morgan fingerprint density at radius 1 is 0.857 bits per heavy atom. The van der Waals surface area contributed by atoms with Crippen LogP contribution < -0.4 is 15.4 Å². The van der Waals surface area contributed by atoms with Crippen LogP contribution in [0.2, 0.25) is 5.02 Å². The molecule has 0 atom stereocenters. The molecule has 0 aliphatic carbocycles. The SMILES string of the molecule is O=C(COc1ccc(C(=O)NCc2ccccc2)cc1)Nc1ccccc1Cl. The summed E-state index contributed by atoms with van der Waals surface area (Å²) in [5.41, 5.74) is 2.08. The fraction of sp³-hybridized carbons (Fsp3) is 0.0909. The first-order chi connectivity index (χ1) is 13.6. The Morgan fingerprint density at radius 2 is 1.54 bits per heavy atom. The van der Waals surface area contributed by atoms with Crippen molar-refractivity contribution in [2.45, 2.75) is 6.54 Å². The third kappa shape index (κ3) is 5.59. The molecule has 0 spiro atoms. The standard InChI is InChI=1S/C22H19ClN2O3/c23-19-8-4-5-9-20(19)25-21(26)15-28-18-12-10-17(11-13-18)22(27)24-14-16-6-2-1-3-7-16/h1-13H,14-15H2,(H,24,27)(H,25,26). The van der Waals surface area contributed by atoms with Gasteiger partial charge in [0.2, 0.25) is 0 Å². The molecule has 3 aromatic carbocycles. The summed E-state index contributed by atoms with van der Waals surface area (Å²) in [7, 11) is 0. The maximum atomic E-state index is 12.2. The first kappa shape index (κ1) is 19.5. The quantitative estimate of drug-likeness (QED) is 0.628. The van der Waals surface area contributed by atoms with Gasteiger partial charge in [0.1, 0.15) is 5.75 Å². The molecule has 0 bridgehead atoms. The van der Waals surface area contributed by atoms with Crippen LogP contribution in [0.1, 0.15) is 15.9 Å². The number of para-hydroxylation sites is 1. The lowest BCUT2D eigenvalue weighted by Gasteiger charge is -2.09. The molecule has 5 nitrogen and oxygen atoms in total. The Labute approximate surface area is 168 Å². The van der Waals surface area contributed by atoms with Crippen molar-refractivity contribution in [2.75, 3.05) is 11.9 Å². The largest absolute Gasteiger partial charge is 0.484 e. The van der Waals surface area contributed by atoms with E-state index in [2.05, 4.69) is 10.6 Å². The van der Waals surface area contributed by atoms with Crippen molar-refractivity contribution in [3.8, 4) is 5.75 Å². The molecule has 28 heavy (non-hydrogen) atoms. The number of halogens is 1. The minimum atomic E-state index is -0.321. The fourth-order valence-corrected chi connectivity index (χ4v) is 2.66. The summed E-state index contributed by atoms with van der Waals surface area (Å²) in [6, 6.07) is 23.3. The van der Waals surface area contributed by atoms with E-state index >= 15 is 0 Å². The second kappa shape index (κ2) is 9.58. The highest BCUT2D eigenvalue weighted by molar-refractivity contribution is 6.33. The van der Waals surface area contributed by atoms with Crippen LogP contribution in [0.4, 0.5) is 5.69 Å². The van der Waals surface area contributed by atoms with Gasteiger partial charge in [0.05, 0.1) is 10.7 Å². The summed E-state index contributed by atoms with van der Waals surface area (Å²) >= 11 is 6.00. The molecule has 0 aliphatic heterocycles. The lowest BCUT2D eigenvalue weighted by Crippen LogP contribution is -2.22. The van der Waals surface area contributed by atoms with E-state index in [1.165, 1.54) is 0 Å². The van der Waals surface area contributed by atoms with Crippen molar-refractivity contribution in [1.29, 1.82) is 0 Å². The minimum Gasteiger partial charge on any atom is -0.484 e. The van der Waals surface area contributed by atoms with E-state index in [1.54, 1.807) is 48.5 Å². The van der Waals surface area contributed by atoms with Crippen LogP contribution in [0, 0.1) is 0 Å². The summed E-state index contributed by atoms with van der Waals surface area (Å²) in [5, 5.41) is 6.00. The molecule has 6 heteroatoms. The van der Waals surface area contributed by atoms with E-state index in [0.29, 0.717) is 28.6 Å². The van der Waals surface area contributed by atoms with Gasteiger partial charge in [-0.2, -0.15) is 0 Å². The highest BCUT2D eigenvalue weighted by atomic mass is 35.5. The Kier molecular flexibility index (Phi) is 6.65. The molecule has 0 fully saturated rings. The summed E-state index contributed by atoms with van der Waals surface area (Å²) < 4.78 is 5.46. The third-order valence-corrected chi connectivity index (χ3v) is 4.26. The average molecular weight is 395 g/mol. The van der Waals surface area contributed by atoms with Crippen LogP contribution in [-0.4, -0.2) is 18.4 Å². The predicted molar refractivity (Wildman–Crippen MR) is 110 cm³/mol. The van der Waals surface area contributed by atoms with Crippen molar-refractivity contribution in [2.24, 2.45) is 0 Å². The van der Waals surface area contributed by atoms with Gasteiger partial charge in [-0.1, -0.05) is 54.1 Å².